The summed E-state index contributed by atoms with van der Waals surface area (Å²) in [7, 11) is 2.35. The Bertz CT molecular complexity index is 724. The lowest BCUT2D eigenvalue weighted by molar-refractivity contribution is 0.121. The molecule has 0 radical (unpaired) electrons. The standard InChI is InChI=1S/C20H28N2S2/c1-4-8-24-20-16-10-18-15(9-13(12-23-3)11-22(18)2)14-6-5-7-17(21-20)19(14)16/h5-7,13,15,18,21H,4,8-12H2,1-3H3/t13-,15-,18-/m1/s1. The fourth-order valence-electron chi connectivity index (χ4n) is 4.79. The summed E-state index contributed by atoms with van der Waals surface area (Å²) in [6.07, 6.45) is 6.05. The molecule has 0 amide bonds. The van der Waals surface area contributed by atoms with Crippen LogP contribution in [0.1, 0.15) is 36.8 Å². The highest BCUT2D eigenvalue weighted by molar-refractivity contribution is 7.99. The van der Waals surface area contributed by atoms with Crippen molar-refractivity contribution in [1.29, 1.82) is 0 Å². The molecule has 0 saturated carbocycles. The second kappa shape index (κ2) is 6.97. The van der Waals surface area contributed by atoms with E-state index in [-0.39, 0.29) is 0 Å². The summed E-state index contributed by atoms with van der Waals surface area (Å²) in [5, 5.41) is 2.98. The number of aromatic amines is 1. The molecule has 130 valence electrons. The SMILES string of the molecule is CCCSc1[nH]c2cccc3c2c1C[C@@H]1[C@@H]3C[C@@H](CSC)CN1C. The first-order chi connectivity index (χ1) is 11.7. The summed E-state index contributed by atoms with van der Waals surface area (Å²) in [6.45, 7) is 3.53. The number of nitrogens with one attached hydrogen (secondary N) is 1. The van der Waals surface area contributed by atoms with Gasteiger partial charge in [-0.3, -0.25) is 0 Å². The Balaban J connectivity index is 1.76. The van der Waals surface area contributed by atoms with Crippen LogP contribution >= 0.6 is 23.5 Å². The molecule has 0 unspecified atom stereocenters. The molecule has 2 nitrogen and oxygen atoms in total. The molecule has 4 heteroatoms. The van der Waals surface area contributed by atoms with Gasteiger partial charge in [0.05, 0.1) is 5.03 Å². The van der Waals surface area contributed by atoms with Crippen LogP contribution in [0.4, 0.5) is 0 Å². The minimum Gasteiger partial charge on any atom is -0.349 e. The molecule has 1 aliphatic heterocycles. The highest BCUT2D eigenvalue weighted by Gasteiger charge is 2.40. The van der Waals surface area contributed by atoms with Gasteiger partial charge >= 0.3 is 0 Å². The summed E-state index contributed by atoms with van der Waals surface area (Å²) in [5.74, 6) is 4.03. The average Bonchev–Trinajstić information content (AvgIpc) is 2.93. The van der Waals surface area contributed by atoms with E-state index in [1.54, 1.807) is 16.5 Å². The molecule has 3 atom stereocenters. The summed E-state index contributed by atoms with van der Waals surface area (Å²) in [6, 6.07) is 7.61. The van der Waals surface area contributed by atoms with Gasteiger partial charge in [-0.25, -0.2) is 0 Å². The van der Waals surface area contributed by atoms with Gasteiger partial charge in [-0.1, -0.05) is 19.1 Å². The maximum absolute atomic E-state index is 3.73. The Morgan fingerprint density at radius 2 is 2.21 bits per heavy atom. The van der Waals surface area contributed by atoms with Crippen molar-refractivity contribution in [2.75, 3.05) is 31.4 Å². The Kier molecular flexibility index (Phi) is 4.90. The second-order valence-corrected chi connectivity index (χ2v) is 9.44. The average molecular weight is 361 g/mol. The van der Waals surface area contributed by atoms with Crippen molar-refractivity contribution in [3.63, 3.8) is 0 Å². The van der Waals surface area contributed by atoms with Crippen LogP contribution in [0.25, 0.3) is 10.9 Å². The van der Waals surface area contributed by atoms with E-state index >= 15 is 0 Å². The van der Waals surface area contributed by atoms with E-state index in [1.165, 1.54) is 47.9 Å². The van der Waals surface area contributed by atoms with Crippen molar-refractivity contribution in [2.45, 2.75) is 43.2 Å². The zero-order valence-electron chi connectivity index (χ0n) is 15.0. The molecule has 1 aliphatic carbocycles. The first-order valence-corrected chi connectivity index (χ1v) is 11.6. The smallest absolute Gasteiger partial charge is 0.0765 e. The van der Waals surface area contributed by atoms with Crippen LogP contribution in [0.15, 0.2) is 23.2 Å². The number of benzene rings is 1. The van der Waals surface area contributed by atoms with Crippen LogP contribution < -0.4 is 0 Å². The first-order valence-electron chi connectivity index (χ1n) is 9.18. The highest BCUT2D eigenvalue weighted by atomic mass is 32.2. The number of likely N-dealkylation sites (tertiary alicyclic amines) is 1. The van der Waals surface area contributed by atoms with Crippen molar-refractivity contribution in [3.05, 3.63) is 29.3 Å². The van der Waals surface area contributed by atoms with Crippen LogP contribution in [0.3, 0.4) is 0 Å². The van der Waals surface area contributed by atoms with Gasteiger partial charge in [-0.2, -0.15) is 11.8 Å². The Labute approximate surface area is 154 Å². The summed E-state index contributed by atoms with van der Waals surface area (Å²) >= 11 is 4.02. The van der Waals surface area contributed by atoms with Gasteiger partial charge in [0, 0.05) is 29.4 Å². The molecule has 0 spiro atoms. The lowest BCUT2D eigenvalue weighted by atomic mass is 9.73. The molecule has 1 fully saturated rings. The summed E-state index contributed by atoms with van der Waals surface area (Å²) < 4.78 is 0. The molecule has 4 rings (SSSR count). The molecule has 2 aromatic rings. The third kappa shape index (κ3) is 2.81. The first kappa shape index (κ1) is 16.9. The molecule has 24 heavy (non-hydrogen) atoms. The van der Waals surface area contributed by atoms with Gasteiger partial charge in [-0.15, -0.1) is 11.8 Å². The molecular formula is C20H28N2S2. The largest absolute Gasteiger partial charge is 0.349 e. The monoisotopic (exact) mass is 360 g/mol. The van der Waals surface area contributed by atoms with Crippen LogP contribution in [-0.4, -0.2) is 47.3 Å². The molecule has 0 bridgehead atoms. The maximum atomic E-state index is 3.73. The summed E-state index contributed by atoms with van der Waals surface area (Å²) in [5.41, 5.74) is 4.56. The Morgan fingerprint density at radius 1 is 1.33 bits per heavy atom. The number of fused-ring (bicyclic) bond motifs is 2. The van der Waals surface area contributed by atoms with Gasteiger partial charge in [0.15, 0.2) is 0 Å². The van der Waals surface area contributed by atoms with Crippen LogP contribution in [0.2, 0.25) is 0 Å². The predicted molar refractivity (Wildman–Crippen MR) is 109 cm³/mol. The summed E-state index contributed by atoms with van der Waals surface area (Å²) in [4.78, 5) is 6.38. The Morgan fingerprint density at radius 3 is 3.00 bits per heavy atom. The third-order valence-corrected chi connectivity index (χ3v) is 7.80. The number of thioether (sulfide) groups is 2. The van der Waals surface area contributed by atoms with Gasteiger partial charge in [0.1, 0.15) is 0 Å². The fourth-order valence-corrected chi connectivity index (χ4v) is 6.45. The van der Waals surface area contributed by atoms with E-state index in [4.69, 9.17) is 0 Å². The number of aromatic nitrogens is 1. The second-order valence-electron chi connectivity index (χ2n) is 7.43. The molecule has 1 N–H and O–H groups in total. The number of piperidine rings is 1. The molecule has 1 saturated heterocycles. The van der Waals surface area contributed by atoms with Crippen LogP contribution in [-0.2, 0) is 6.42 Å². The highest BCUT2D eigenvalue weighted by Crippen LogP contribution is 2.47. The number of likely N-dealkylation sites (N-methyl/N-ethyl adjacent to an activating group) is 1. The normalized spacial score (nSPS) is 26.7. The van der Waals surface area contributed by atoms with Crippen molar-refractivity contribution >= 4 is 34.4 Å². The van der Waals surface area contributed by atoms with Crippen LogP contribution in [0, 0.1) is 5.92 Å². The molecule has 1 aromatic heterocycles. The predicted octanol–water partition coefficient (Wildman–Crippen LogP) is 4.99. The van der Waals surface area contributed by atoms with Gasteiger partial charge < -0.3 is 9.88 Å². The lowest BCUT2D eigenvalue weighted by Gasteiger charge is -2.45. The topological polar surface area (TPSA) is 19.0 Å². The number of hydrogen-bond acceptors (Lipinski definition) is 3. The van der Waals surface area contributed by atoms with E-state index < -0.39 is 0 Å². The quantitative estimate of drug-likeness (QED) is 0.758. The van der Waals surface area contributed by atoms with E-state index in [0.29, 0.717) is 12.0 Å². The fraction of sp³-hybridized carbons (Fsp3) is 0.600. The molecule has 2 heterocycles. The van der Waals surface area contributed by atoms with Gasteiger partial charge in [-0.05, 0) is 67.2 Å². The van der Waals surface area contributed by atoms with Crippen molar-refractivity contribution in [2.24, 2.45) is 5.92 Å². The van der Waals surface area contributed by atoms with E-state index in [1.807, 2.05) is 23.5 Å². The molecular weight excluding hydrogens is 332 g/mol. The number of hydrogen-bond donors (Lipinski definition) is 1. The number of H-pyrrole nitrogens is 1. The Hall–Kier alpha value is -0.580. The maximum Gasteiger partial charge on any atom is 0.0765 e. The molecule has 1 aromatic carbocycles. The molecule has 2 aliphatic rings. The lowest BCUT2D eigenvalue weighted by Crippen LogP contribution is -2.48. The van der Waals surface area contributed by atoms with Gasteiger partial charge in [0.2, 0.25) is 0 Å². The minimum atomic E-state index is 0.679. The number of nitrogens with zero attached hydrogens (tertiary/aromatic N) is 1. The van der Waals surface area contributed by atoms with E-state index in [9.17, 15) is 0 Å². The van der Waals surface area contributed by atoms with Crippen molar-refractivity contribution in [1.82, 2.24) is 9.88 Å². The minimum absolute atomic E-state index is 0.679. The number of rotatable bonds is 5. The van der Waals surface area contributed by atoms with Crippen molar-refractivity contribution in [3.8, 4) is 0 Å². The zero-order valence-corrected chi connectivity index (χ0v) is 16.6. The zero-order chi connectivity index (χ0) is 16.7. The van der Waals surface area contributed by atoms with E-state index in [2.05, 4.69) is 48.3 Å². The van der Waals surface area contributed by atoms with Gasteiger partial charge in [0.25, 0.3) is 0 Å². The van der Waals surface area contributed by atoms with Crippen LogP contribution in [0.5, 0.6) is 0 Å². The third-order valence-electron chi connectivity index (χ3n) is 5.75. The van der Waals surface area contributed by atoms with Crippen molar-refractivity contribution < 1.29 is 0 Å². The van der Waals surface area contributed by atoms with E-state index in [0.717, 1.165) is 5.92 Å².